The van der Waals surface area contributed by atoms with Crippen molar-refractivity contribution in [3.63, 3.8) is 0 Å². The lowest BCUT2D eigenvalue weighted by Crippen LogP contribution is -2.40. The maximum Gasteiger partial charge on any atom is 0.333 e. The predicted molar refractivity (Wildman–Crippen MR) is 68.8 cm³/mol. The molecule has 4 heteroatoms. The van der Waals surface area contributed by atoms with E-state index in [0.29, 0.717) is 5.56 Å². The first-order chi connectivity index (χ1) is 8.36. The van der Waals surface area contributed by atoms with Gasteiger partial charge in [-0.3, -0.25) is 4.79 Å². The van der Waals surface area contributed by atoms with Crippen LogP contribution in [0, 0.1) is 5.41 Å². The molecule has 18 heavy (non-hydrogen) atoms. The number of amides is 1. The summed E-state index contributed by atoms with van der Waals surface area (Å²) in [5, 5.41) is 2.71. The number of methoxy groups -OCH3 is 1. The molecule has 0 aromatic heterocycles. The van der Waals surface area contributed by atoms with Gasteiger partial charge in [0.1, 0.15) is 0 Å². The SMILES string of the molecule is COC(=O)[C@H](NC(=O)C(C)(C)C)c1ccccc1. The van der Waals surface area contributed by atoms with Crippen molar-refractivity contribution in [1.82, 2.24) is 5.32 Å². The Kier molecular flexibility index (Phi) is 4.48. The van der Waals surface area contributed by atoms with Crippen LogP contribution in [0.4, 0.5) is 0 Å². The van der Waals surface area contributed by atoms with Crippen LogP contribution in [0.1, 0.15) is 32.4 Å². The van der Waals surface area contributed by atoms with Crippen LogP contribution in [0.25, 0.3) is 0 Å². The summed E-state index contributed by atoms with van der Waals surface area (Å²) in [7, 11) is 1.31. The second-order valence-electron chi connectivity index (χ2n) is 5.09. The van der Waals surface area contributed by atoms with Crippen LogP contribution >= 0.6 is 0 Å². The lowest BCUT2D eigenvalue weighted by Gasteiger charge is -2.23. The maximum absolute atomic E-state index is 11.9. The van der Waals surface area contributed by atoms with Gasteiger partial charge in [0.05, 0.1) is 7.11 Å². The van der Waals surface area contributed by atoms with E-state index in [0.717, 1.165) is 0 Å². The van der Waals surface area contributed by atoms with E-state index < -0.39 is 17.4 Å². The molecule has 0 bridgehead atoms. The molecule has 0 radical (unpaired) electrons. The highest BCUT2D eigenvalue weighted by Gasteiger charge is 2.28. The van der Waals surface area contributed by atoms with Crippen molar-refractivity contribution >= 4 is 11.9 Å². The molecule has 0 fully saturated rings. The fourth-order valence-electron chi connectivity index (χ4n) is 1.39. The van der Waals surface area contributed by atoms with Gasteiger partial charge < -0.3 is 10.1 Å². The summed E-state index contributed by atoms with van der Waals surface area (Å²) in [6.45, 7) is 5.38. The molecule has 0 aliphatic rings. The second-order valence-corrected chi connectivity index (χ2v) is 5.09. The van der Waals surface area contributed by atoms with Gasteiger partial charge in [-0.15, -0.1) is 0 Å². The van der Waals surface area contributed by atoms with Crippen LogP contribution < -0.4 is 5.32 Å². The van der Waals surface area contributed by atoms with E-state index in [2.05, 4.69) is 5.32 Å². The van der Waals surface area contributed by atoms with Gasteiger partial charge in [0, 0.05) is 5.41 Å². The Hall–Kier alpha value is -1.84. The molecule has 1 amide bonds. The molecule has 1 rings (SSSR count). The molecule has 1 aromatic carbocycles. The third kappa shape index (κ3) is 3.58. The molecule has 1 atom stereocenters. The van der Waals surface area contributed by atoms with Crippen molar-refractivity contribution in [2.45, 2.75) is 26.8 Å². The summed E-state index contributed by atoms with van der Waals surface area (Å²) in [6, 6.07) is 8.28. The number of nitrogens with one attached hydrogen (secondary N) is 1. The zero-order valence-corrected chi connectivity index (χ0v) is 11.2. The molecular weight excluding hydrogens is 230 g/mol. The Morgan fingerprint density at radius 2 is 1.72 bits per heavy atom. The third-order valence-electron chi connectivity index (χ3n) is 2.53. The highest BCUT2D eigenvalue weighted by Crippen LogP contribution is 2.19. The van der Waals surface area contributed by atoms with Crippen LogP contribution in [0.3, 0.4) is 0 Å². The molecule has 0 saturated carbocycles. The highest BCUT2D eigenvalue weighted by atomic mass is 16.5. The fourth-order valence-corrected chi connectivity index (χ4v) is 1.39. The number of esters is 1. The zero-order chi connectivity index (χ0) is 13.8. The average Bonchev–Trinajstić information content (AvgIpc) is 2.34. The molecule has 0 saturated heterocycles. The van der Waals surface area contributed by atoms with E-state index in [-0.39, 0.29) is 5.91 Å². The van der Waals surface area contributed by atoms with Crippen molar-refractivity contribution in [1.29, 1.82) is 0 Å². The number of benzene rings is 1. The van der Waals surface area contributed by atoms with Crippen molar-refractivity contribution < 1.29 is 14.3 Å². The second kappa shape index (κ2) is 5.67. The number of carbonyl (C=O) groups excluding carboxylic acids is 2. The van der Waals surface area contributed by atoms with Crippen LogP contribution in [0.5, 0.6) is 0 Å². The van der Waals surface area contributed by atoms with Crippen LogP contribution in [-0.4, -0.2) is 19.0 Å². The minimum atomic E-state index is -0.761. The quantitative estimate of drug-likeness (QED) is 0.834. The molecule has 0 aliphatic carbocycles. The lowest BCUT2D eigenvalue weighted by atomic mass is 9.94. The maximum atomic E-state index is 11.9. The summed E-state index contributed by atoms with van der Waals surface area (Å²) < 4.78 is 4.73. The highest BCUT2D eigenvalue weighted by molar-refractivity contribution is 5.88. The van der Waals surface area contributed by atoms with Crippen LogP contribution in [-0.2, 0) is 14.3 Å². The molecule has 0 aliphatic heterocycles. The van der Waals surface area contributed by atoms with Gasteiger partial charge in [-0.1, -0.05) is 51.1 Å². The Morgan fingerprint density at radius 3 is 2.17 bits per heavy atom. The van der Waals surface area contributed by atoms with Crippen molar-refractivity contribution in [3.05, 3.63) is 35.9 Å². The summed E-state index contributed by atoms with van der Waals surface area (Å²) in [4.78, 5) is 23.7. The normalized spacial score (nSPS) is 12.7. The minimum absolute atomic E-state index is 0.193. The molecule has 0 heterocycles. The third-order valence-corrected chi connectivity index (χ3v) is 2.53. The molecule has 1 N–H and O–H groups in total. The first kappa shape index (κ1) is 14.2. The van der Waals surface area contributed by atoms with E-state index in [1.165, 1.54) is 7.11 Å². The first-order valence-corrected chi connectivity index (χ1v) is 5.80. The summed E-state index contributed by atoms with van der Waals surface area (Å²) in [6.07, 6.45) is 0. The molecular formula is C14H19NO3. The predicted octanol–water partition coefficient (Wildman–Crippen LogP) is 2.06. The smallest absolute Gasteiger partial charge is 0.333 e. The monoisotopic (exact) mass is 249 g/mol. The molecule has 98 valence electrons. The van der Waals surface area contributed by atoms with Gasteiger partial charge in [0.25, 0.3) is 0 Å². The van der Waals surface area contributed by atoms with E-state index in [1.54, 1.807) is 32.9 Å². The molecule has 0 unspecified atom stereocenters. The first-order valence-electron chi connectivity index (χ1n) is 5.80. The van der Waals surface area contributed by atoms with Crippen LogP contribution in [0.2, 0.25) is 0 Å². The minimum Gasteiger partial charge on any atom is -0.467 e. The number of hydrogen-bond acceptors (Lipinski definition) is 3. The Balaban J connectivity index is 2.95. The lowest BCUT2D eigenvalue weighted by molar-refractivity contribution is -0.146. The zero-order valence-electron chi connectivity index (χ0n) is 11.2. The largest absolute Gasteiger partial charge is 0.467 e. The van der Waals surface area contributed by atoms with Gasteiger partial charge in [0.2, 0.25) is 5.91 Å². The molecule has 0 spiro atoms. The van der Waals surface area contributed by atoms with Gasteiger partial charge in [0.15, 0.2) is 6.04 Å². The Morgan fingerprint density at radius 1 is 1.17 bits per heavy atom. The average molecular weight is 249 g/mol. The van der Waals surface area contributed by atoms with Gasteiger partial charge in [-0.2, -0.15) is 0 Å². The van der Waals surface area contributed by atoms with E-state index in [9.17, 15) is 9.59 Å². The fraction of sp³-hybridized carbons (Fsp3) is 0.429. The molecule has 4 nitrogen and oxygen atoms in total. The Bertz CT molecular complexity index is 420. The van der Waals surface area contributed by atoms with Gasteiger partial charge >= 0.3 is 5.97 Å². The van der Waals surface area contributed by atoms with E-state index in [1.807, 2.05) is 18.2 Å². The summed E-state index contributed by atoms with van der Waals surface area (Å²) in [5.41, 5.74) is 0.156. The Labute approximate surface area is 107 Å². The van der Waals surface area contributed by atoms with Gasteiger partial charge in [-0.25, -0.2) is 4.79 Å². The van der Waals surface area contributed by atoms with Crippen molar-refractivity contribution in [2.75, 3.05) is 7.11 Å². The van der Waals surface area contributed by atoms with Crippen molar-refractivity contribution in [3.8, 4) is 0 Å². The number of hydrogen-bond donors (Lipinski definition) is 1. The summed E-state index contributed by atoms with van der Waals surface area (Å²) >= 11 is 0. The van der Waals surface area contributed by atoms with Crippen molar-refractivity contribution in [2.24, 2.45) is 5.41 Å². The molecule has 1 aromatic rings. The van der Waals surface area contributed by atoms with Gasteiger partial charge in [-0.05, 0) is 5.56 Å². The number of carbonyl (C=O) groups is 2. The van der Waals surface area contributed by atoms with Crippen LogP contribution in [0.15, 0.2) is 30.3 Å². The number of rotatable bonds is 3. The number of ether oxygens (including phenoxy) is 1. The topological polar surface area (TPSA) is 55.4 Å². The van der Waals surface area contributed by atoms with E-state index in [4.69, 9.17) is 4.74 Å². The van der Waals surface area contributed by atoms with E-state index >= 15 is 0 Å². The standard InChI is InChI=1S/C14H19NO3/c1-14(2,3)13(17)15-11(12(16)18-4)10-8-6-5-7-9-10/h5-9,11H,1-4H3,(H,15,17)/t11-/m1/s1. The summed E-state index contributed by atoms with van der Waals surface area (Å²) in [5.74, 6) is -0.666.